The van der Waals surface area contributed by atoms with E-state index in [0.717, 1.165) is 18.1 Å². The van der Waals surface area contributed by atoms with Crippen molar-refractivity contribution in [3.05, 3.63) is 16.1 Å². The SMILES string of the molecule is Cc1nc(C(=O)NCC(=O)N2CCNCC2)cs1. The van der Waals surface area contributed by atoms with Gasteiger partial charge in [0.15, 0.2) is 0 Å². The minimum Gasteiger partial charge on any atom is -0.342 e. The van der Waals surface area contributed by atoms with Gasteiger partial charge in [0.05, 0.1) is 11.6 Å². The van der Waals surface area contributed by atoms with E-state index in [1.165, 1.54) is 11.3 Å². The third kappa shape index (κ3) is 3.27. The third-order valence-electron chi connectivity index (χ3n) is 2.72. The Labute approximate surface area is 109 Å². The van der Waals surface area contributed by atoms with Gasteiger partial charge in [0.25, 0.3) is 5.91 Å². The number of nitrogens with one attached hydrogen (secondary N) is 2. The van der Waals surface area contributed by atoms with Crippen LogP contribution >= 0.6 is 11.3 Å². The van der Waals surface area contributed by atoms with E-state index < -0.39 is 0 Å². The molecule has 0 saturated carbocycles. The van der Waals surface area contributed by atoms with E-state index >= 15 is 0 Å². The average Bonchev–Trinajstić information content (AvgIpc) is 2.83. The molecule has 0 bridgehead atoms. The molecule has 0 spiro atoms. The number of piperazine rings is 1. The van der Waals surface area contributed by atoms with Gasteiger partial charge < -0.3 is 15.5 Å². The lowest BCUT2D eigenvalue weighted by atomic mass is 10.3. The van der Waals surface area contributed by atoms with Crippen molar-refractivity contribution in [3.63, 3.8) is 0 Å². The van der Waals surface area contributed by atoms with Crippen LogP contribution < -0.4 is 10.6 Å². The molecular formula is C11H16N4O2S. The first kappa shape index (κ1) is 13.0. The van der Waals surface area contributed by atoms with Crippen molar-refractivity contribution < 1.29 is 9.59 Å². The van der Waals surface area contributed by atoms with Gasteiger partial charge in [-0.25, -0.2) is 4.98 Å². The molecule has 0 atom stereocenters. The maximum absolute atomic E-state index is 11.8. The minimum atomic E-state index is -0.289. The van der Waals surface area contributed by atoms with E-state index in [-0.39, 0.29) is 18.4 Å². The number of nitrogens with zero attached hydrogens (tertiary/aromatic N) is 2. The molecule has 1 fully saturated rings. The lowest BCUT2D eigenvalue weighted by molar-refractivity contribution is -0.130. The van der Waals surface area contributed by atoms with Crippen LogP contribution in [0.25, 0.3) is 0 Å². The molecule has 0 radical (unpaired) electrons. The number of amides is 2. The highest BCUT2D eigenvalue weighted by atomic mass is 32.1. The molecule has 0 aromatic carbocycles. The van der Waals surface area contributed by atoms with Gasteiger partial charge in [0.2, 0.25) is 5.91 Å². The molecule has 2 heterocycles. The second-order valence-corrected chi connectivity index (χ2v) is 5.13. The van der Waals surface area contributed by atoms with Gasteiger partial charge in [-0.3, -0.25) is 9.59 Å². The zero-order valence-corrected chi connectivity index (χ0v) is 11.0. The summed E-state index contributed by atoms with van der Waals surface area (Å²) in [5.41, 5.74) is 0.380. The molecule has 1 aliphatic heterocycles. The summed E-state index contributed by atoms with van der Waals surface area (Å²) >= 11 is 1.42. The van der Waals surface area contributed by atoms with Crippen molar-refractivity contribution in [2.24, 2.45) is 0 Å². The van der Waals surface area contributed by atoms with Crippen molar-refractivity contribution >= 4 is 23.2 Å². The minimum absolute atomic E-state index is 0.0371. The van der Waals surface area contributed by atoms with E-state index in [1.54, 1.807) is 10.3 Å². The van der Waals surface area contributed by atoms with Crippen molar-refractivity contribution in [1.29, 1.82) is 0 Å². The molecule has 0 unspecified atom stereocenters. The molecule has 98 valence electrons. The quantitative estimate of drug-likeness (QED) is 0.783. The molecule has 1 aliphatic rings. The van der Waals surface area contributed by atoms with E-state index in [2.05, 4.69) is 15.6 Å². The lowest BCUT2D eigenvalue weighted by Gasteiger charge is -2.27. The molecule has 0 aliphatic carbocycles. The predicted molar refractivity (Wildman–Crippen MR) is 68.6 cm³/mol. The molecule has 6 nitrogen and oxygen atoms in total. The summed E-state index contributed by atoms with van der Waals surface area (Å²) in [6.07, 6.45) is 0. The Morgan fingerprint density at radius 2 is 2.22 bits per heavy atom. The third-order valence-corrected chi connectivity index (χ3v) is 3.50. The predicted octanol–water partition coefficient (Wildman–Crippen LogP) is -0.387. The van der Waals surface area contributed by atoms with Gasteiger partial charge in [-0.05, 0) is 6.92 Å². The lowest BCUT2D eigenvalue weighted by Crippen LogP contribution is -2.49. The van der Waals surface area contributed by atoms with E-state index in [9.17, 15) is 9.59 Å². The Morgan fingerprint density at radius 3 is 2.83 bits per heavy atom. The molecule has 1 aromatic heterocycles. The molecule has 2 amide bonds. The standard InChI is InChI=1S/C11H16N4O2S/c1-8-14-9(7-18-8)11(17)13-6-10(16)15-4-2-12-3-5-15/h7,12H,2-6H2,1H3,(H,13,17). The molecule has 18 heavy (non-hydrogen) atoms. The molecule has 7 heteroatoms. The number of hydrogen-bond donors (Lipinski definition) is 2. The normalized spacial score (nSPS) is 15.5. The molecule has 2 N–H and O–H groups in total. The van der Waals surface area contributed by atoms with Crippen LogP contribution in [-0.4, -0.2) is 54.4 Å². The molecular weight excluding hydrogens is 252 g/mol. The van der Waals surface area contributed by atoms with Crippen molar-refractivity contribution in [2.45, 2.75) is 6.92 Å². The number of hydrogen-bond acceptors (Lipinski definition) is 5. The maximum Gasteiger partial charge on any atom is 0.271 e. The second kappa shape index (κ2) is 5.92. The van der Waals surface area contributed by atoms with Crippen LogP contribution in [0.15, 0.2) is 5.38 Å². The zero-order chi connectivity index (χ0) is 13.0. The van der Waals surface area contributed by atoms with Gasteiger partial charge in [-0.15, -0.1) is 11.3 Å². The fourth-order valence-corrected chi connectivity index (χ4v) is 2.33. The summed E-state index contributed by atoms with van der Waals surface area (Å²) in [6.45, 7) is 4.90. The van der Waals surface area contributed by atoms with E-state index in [0.29, 0.717) is 18.8 Å². The van der Waals surface area contributed by atoms with Crippen molar-refractivity contribution in [3.8, 4) is 0 Å². The molecule has 2 rings (SSSR count). The summed E-state index contributed by atoms with van der Waals surface area (Å²) in [7, 11) is 0. The summed E-state index contributed by atoms with van der Waals surface area (Å²) < 4.78 is 0. The first-order chi connectivity index (χ1) is 8.66. The Balaban J connectivity index is 1.80. The van der Waals surface area contributed by atoms with Crippen LogP contribution in [0, 0.1) is 6.92 Å². The van der Waals surface area contributed by atoms with Crippen LogP contribution in [0.3, 0.4) is 0 Å². The fourth-order valence-electron chi connectivity index (χ4n) is 1.74. The first-order valence-electron chi connectivity index (χ1n) is 5.85. The summed E-state index contributed by atoms with van der Waals surface area (Å²) in [5.74, 6) is -0.334. The summed E-state index contributed by atoms with van der Waals surface area (Å²) in [6, 6.07) is 0. The van der Waals surface area contributed by atoms with Gasteiger partial charge >= 0.3 is 0 Å². The monoisotopic (exact) mass is 268 g/mol. The van der Waals surface area contributed by atoms with Gasteiger partial charge in [-0.1, -0.05) is 0 Å². The number of aryl methyl sites for hydroxylation is 1. The maximum atomic E-state index is 11.8. The van der Waals surface area contributed by atoms with Gasteiger partial charge in [-0.2, -0.15) is 0 Å². The molecule has 1 aromatic rings. The Bertz CT molecular complexity index is 440. The van der Waals surface area contributed by atoms with E-state index in [4.69, 9.17) is 0 Å². The van der Waals surface area contributed by atoms with Crippen molar-refractivity contribution in [1.82, 2.24) is 20.5 Å². The molecule has 1 saturated heterocycles. The van der Waals surface area contributed by atoms with Crippen LogP contribution in [0.4, 0.5) is 0 Å². The van der Waals surface area contributed by atoms with Crippen LogP contribution in [0.1, 0.15) is 15.5 Å². The highest BCUT2D eigenvalue weighted by Crippen LogP contribution is 2.07. The van der Waals surface area contributed by atoms with Crippen LogP contribution in [0.2, 0.25) is 0 Å². The summed E-state index contributed by atoms with van der Waals surface area (Å²) in [5, 5.41) is 8.31. The average molecular weight is 268 g/mol. The van der Waals surface area contributed by atoms with Gasteiger partial charge in [0, 0.05) is 31.6 Å². The fraction of sp³-hybridized carbons (Fsp3) is 0.545. The Morgan fingerprint density at radius 1 is 1.50 bits per heavy atom. The Kier molecular flexibility index (Phi) is 4.27. The Hall–Kier alpha value is -1.47. The number of carbonyl (C=O) groups excluding carboxylic acids is 2. The van der Waals surface area contributed by atoms with Gasteiger partial charge in [0.1, 0.15) is 5.69 Å². The number of aromatic nitrogens is 1. The number of thiazole rings is 1. The van der Waals surface area contributed by atoms with E-state index in [1.807, 2.05) is 6.92 Å². The van der Waals surface area contributed by atoms with Crippen LogP contribution in [-0.2, 0) is 4.79 Å². The van der Waals surface area contributed by atoms with Crippen LogP contribution in [0.5, 0.6) is 0 Å². The topological polar surface area (TPSA) is 74.3 Å². The number of rotatable bonds is 3. The zero-order valence-electron chi connectivity index (χ0n) is 10.2. The van der Waals surface area contributed by atoms with Crippen molar-refractivity contribution in [2.75, 3.05) is 32.7 Å². The second-order valence-electron chi connectivity index (χ2n) is 4.07. The summed E-state index contributed by atoms with van der Waals surface area (Å²) in [4.78, 5) is 29.3. The largest absolute Gasteiger partial charge is 0.342 e. The highest BCUT2D eigenvalue weighted by Gasteiger charge is 2.17. The highest BCUT2D eigenvalue weighted by molar-refractivity contribution is 7.09. The smallest absolute Gasteiger partial charge is 0.271 e. The first-order valence-corrected chi connectivity index (χ1v) is 6.73. The number of carbonyl (C=O) groups is 2.